The molecule has 23 heavy (non-hydrogen) atoms. The van der Waals surface area contributed by atoms with Gasteiger partial charge in [-0.3, -0.25) is 9.69 Å². The first-order chi connectivity index (χ1) is 11.1. The molecule has 0 radical (unpaired) electrons. The normalized spacial score (nSPS) is 19.4. The predicted octanol–water partition coefficient (Wildman–Crippen LogP) is 4.93. The topological polar surface area (TPSA) is 32.7 Å². The second-order valence-corrected chi connectivity index (χ2v) is 7.49. The van der Waals surface area contributed by atoms with Gasteiger partial charge in [0.1, 0.15) is 5.84 Å². The number of rotatable bonds is 2. The average molecular weight is 363 g/mol. The van der Waals surface area contributed by atoms with Crippen molar-refractivity contribution in [3.05, 3.63) is 58.1 Å². The molecule has 0 aliphatic carbocycles. The van der Waals surface area contributed by atoms with Gasteiger partial charge in [-0.1, -0.05) is 41.4 Å². The fourth-order valence-electron chi connectivity index (χ4n) is 2.82. The molecule has 1 saturated heterocycles. The van der Waals surface area contributed by atoms with Crippen LogP contribution in [0.5, 0.6) is 0 Å². The summed E-state index contributed by atoms with van der Waals surface area (Å²) >= 11 is 14.2. The van der Waals surface area contributed by atoms with Gasteiger partial charge in [-0.15, -0.1) is 11.8 Å². The molecule has 1 atom stereocenters. The van der Waals surface area contributed by atoms with Gasteiger partial charge in [-0.2, -0.15) is 0 Å². The number of para-hydroxylation sites is 1. The zero-order valence-corrected chi connectivity index (χ0v) is 14.3. The summed E-state index contributed by atoms with van der Waals surface area (Å²) in [4.78, 5) is 20.0. The molecule has 2 aromatic carbocycles. The standard InChI is InChI=1S/C17H12Cl2N2OS/c18-11-4-3-5-12(19)10(11)9-21-16(22)8-15-17(21)20-13-6-1-2-7-14(13)23-15/h1-7,15H,8-9H2/t15-/m1/s1. The molecule has 116 valence electrons. The Kier molecular flexibility index (Phi) is 3.84. The van der Waals surface area contributed by atoms with Crippen molar-refractivity contribution in [1.82, 2.24) is 4.90 Å². The molecule has 4 rings (SSSR count). The number of hydrogen-bond acceptors (Lipinski definition) is 3. The largest absolute Gasteiger partial charge is 0.295 e. The minimum absolute atomic E-state index is 0.0602. The first kappa shape index (κ1) is 15.1. The van der Waals surface area contributed by atoms with E-state index in [0.29, 0.717) is 23.0 Å². The maximum atomic E-state index is 12.5. The van der Waals surface area contributed by atoms with E-state index in [4.69, 9.17) is 28.2 Å². The van der Waals surface area contributed by atoms with Crippen LogP contribution in [0.2, 0.25) is 10.0 Å². The Bertz CT molecular complexity index is 817. The third-order valence-electron chi connectivity index (χ3n) is 3.97. The van der Waals surface area contributed by atoms with E-state index < -0.39 is 0 Å². The highest BCUT2D eigenvalue weighted by Gasteiger charge is 2.40. The number of nitrogens with zero attached hydrogens (tertiary/aromatic N) is 2. The summed E-state index contributed by atoms with van der Waals surface area (Å²) in [6.45, 7) is 0.357. The minimum Gasteiger partial charge on any atom is -0.295 e. The van der Waals surface area contributed by atoms with E-state index in [9.17, 15) is 4.79 Å². The van der Waals surface area contributed by atoms with Crippen LogP contribution in [0.3, 0.4) is 0 Å². The van der Waals surface area contributed by atoms with Crippen LogP contribution in [0.1, 0.15) is 12.0 Å². The molecule has 0 spiro atoms. The summed E-state index contributed by atoms with van der Waals surface area (Å²) in [6.07, 6.45) is 0.458. The van der Waals surface area contributed by atoms with Crippen LogP contribution >= 0.6 is 35.0 Å². The Balaban J connectivity index is 1.72. The van der Waals surface area contributed by atoms with E-state index in [1.54, 1.807) is 34.9 Å². The summed E-state index contributed by atoms with van der Waals surface area (Å²) in [7, 11) is 0. The van der Waals surface area contributed by atoms with E-state index in [1.165, 1.54) is 0 Å². The highest BCUT2D eigenvalue weighted by atomic mass is 35.5. The number of thioether (sulfide) groups is 1. The van der Waals surface area contributed by atoms with Gasteiger partial charge in [-0.05, 0) is 24.3 Å². The lowest BCUT2D eigenvalue weighted by Gasteiger charge is -2.23. The van der Waals surface area contributed by atoms with E-state index >= 15 is 0 Å². The number of carbonyl (C=O) groups excluding carboxylic acids is 1. The van der Waals surface area contributed by atoms with Crippen molar-refractivity contribution in [2.75, 3.05) is 0 Å². The fourth-order valence-corrected chi connectivity index (χ4v) is 4.55. The maximum absolute atomic E-state index is 12.5. The van der Waals surface area contributed by atoms with E-state index in [1.807, 2.05) is 24.3 Å². The molecule has 0 N–H and O–H groups in total. The van der Waals surface area contributed by atoms with Gasteiger partial charge in [0.25, 0.3) is 0 Å². The average Bonchev–Trinajstić information content (AvgIpc) is 2.83. The zero-order chi connectivity index (χ0) is 16.0. The number of amides is 1. The summed E-state index contributed by atoms with van der Waals surface area (Å²) in [5.74, 6) is 0.861. The van der Waals surface area contributed by atoms with Crippen molar-refractivity contribution in [1.29, 1.82) is 0 Å². The van der Waals surface area contributed by atoms with Gasteiger partial charge in [0.15, 0.2) is 0 Å². The van der Waals surface area contributed by atoms with Gasteiger partial charge in [0, 0.05) is 26.9 Å². The van der Waals surface area contributed by atoms with Crippen molar-refractivity contribution >= 4 is 52.4 Å². The molecule has 0 unspecified atom stereocenters. The molecule has 1 fully saturated rings. The Morgan fingerprint density at radius 3 is 2.65 bits per heavy atom. The van der Waals surface area contributed by atoms with Crippen LogP contribution in [-0.2, 0) is 11.3 Å². The molecule has 2 aliphatic rings. The van der Waals surface area contributed by atoms with E-state index in [0.717, 1.165) is 22.0 Å². The van der Waals surface area contributed by atoms with Crippen molar-refractivity contribution in [2.24, 2.45) is 4.99 Å². The Morgan fingerprint density at radius 2 is 1.87 bits per heavy atom. The van der Waals surface area contributed by atoms with Crippen LogP contribution < -0.4 is 0 Å². The smallest absolute Gasteiger partial charge is 0.229 e. The van der Waals surface area contributed by atoms with Crippen LogP contribution in [-0.4, -0.2) is 21.9 Å². The monoisotopic (exact) mass is 362 g/mol. The third kappa shape index (κ3) is 2.65. The van der Waals surface area contributed by atoms with Gasteiger partial charge < -0.3 is 0 Å². The summed E-state index contributed by atoms with van der Waals surface area (Å²) in [5.41, 5.74) is 1.67. The van der Waals surface area contributed by atoms with E-state index in [-0.39, 0.29) is 11.2 Å². The number of amidine groups is 1. The molecule has 0 bridgehead atoms. The number of halogens is 2. The van der Waals surface area contributed by atoms with Crippen molar-refractivity contribution < 1.29 is 4.79 Å². The van der Waals surface area contributed by atoms with Gasteiger partial charge >= 0.3 is 0 Å². The van der Waals surface area contributed by atoms with Crippen molar-refractivity contribution in [3.63, 3.8) is 0 Å². The number of hydrogen-bond donors (Lipinski definition) is 0. The SMILES string of the molecule is O=C1C[C@H]2Sc3ccccc3N=C2N1Cc1c(Cl)cccc1Cl. The van der Waals surface area contributed by atoms with Crippen LogP contribution in [0.15, 0.2) is 52.4 Å². The Morgan fingerprint density at radius 1 is 1.13 bits per heavy atom. The molecule has 6 heteroatoms. The highest BCUT2D eigenvalue weighted by molar-refractivity contribution is 8.01. The van der Waals surface area contributed by atoms with Crippen molar-refractivity contribution in [2.45, 2.75) is 23.1 Å². The Hall–Kier alpha value is -1.49. The highest BCUT2D eigenvalue weighted by Crippen LogP contribution is 2.43. The molecule has 3 nitrogen and oxygen atoms in total. The van der Waals surface area contributed by atoms with Crippen molar-refractivity contribution in [3.8, 4) is 0 Å². The maximum Gasteiger partial charge on any atom is 0.229 e. The van der Waals surface area contributed by atoms with Crippen LogP contribution in [0.25, 0.3) is 0 Å². The molecule has 2 heterocycles. The minimum atomic E-state index is 0.0602. The number of carbonyl (C=O) groups is 1. The van der Waals surface area contributed by atoms with Crippen LogP contribution in [0, 0.1) is 0 Å². The second kappa shape index (κ2) is 5.86. The van der Waals surface area contributed by atoms with Gasteiger partial charge in [0.2, 0.25) is 5.91 Å². The second-order valence-electron chi connectivity index (χ2n) is 5.43. The lowest BCUT2D eigenvalue weighted by molar-refractivity contribution is -0.126. The quantitative estimate of drug-likeness (QED) is 0.758. The fraction of sp³-hybridized carbons (Fsp3) is 0.176. The molecule has 1 amide bonds. The zero-order valence-electron chi connectivity index (χ0n) is 12.0. The number of likely N-dealkylation sites (tertiary alicyclic amines) is 1. The Labute approximate surface area is 148 Å². The summed E-state index contributed by atoms with van der Waals surface area (Å²) < 4.78 is 0. The predicted molar refractivity (Wildman–Crippen MR) is 94.8 cm³/mol. The molecule has 0 aromatic heterocycles. The van der Waals surface area contributed by atoms with Gasteiger partial charge in [-0.25, -0.2) is 4.99 Å². The number of fused-ring (bicyclic) bond motifs is 2. The lowest BCUT2D eigenvalue weighted by atomic mass is 10.2. The molecular formula is C17H12Cl2N2OS. The molecular weight excluding hydrogens is 351 g/mol. The number of benzene rings is 2. The first-order valence-electron chi connectivity index (χ1n) is 7.21. The third-order valence-corrected chi connectivity index (χ3v) is 5.94. The molecule has 2 aromatic rings. The van der Waals surface area contributed by atoms with E-state index in [2.05, 4.69) is 0 Å². The molecule has 2 aliphatic heterocycles. The lowest BCUT2D eigenvalue weighted by Crippen LogP contribution is -2.32. The first-order valence-corrected chi connectivity index (χ1v) is 8.84. The number of aliphatic imine (C=N–C) groups is 1. The summed E-state index contributed by atoms with van der Waals surface area (Å²) in [6, 6.07) is 13.3. The molecule has 0 saturated carbocycles. The van der Waals surface area contributed by atoms with Gasteiger partial charge in [0.05, 0.1) is 17.5 Å². The van der Waals surface area contributed by atoms with Crippen LogP contribution in [0.4, 0.5) is 5.69 Å². The summed E-state index contributed by atoms with van der Waals surface area (Å²) in [5, 5.41) is 1.20.